The summed E-state index contributed by atoms with van der Waals surface area (Å²) >= 11 is 0. The lowest BCUT2D eigenvalue weighted by Gasteiger charge is -2.29. The van der Waals surface area contributed by atoms with Crippen molar-refractivity contribution >= 4 is 11.7 Å². The van der Waals surface area contributed by atoms with Crippen molar-refractivity contribution in [1.29, 1.82) is 0 Å². The molecule has 1 atom stereocenters. The van der Waals surface area contributed by atoms with Gasteiger partial charge < -0.3 is 10.0 Å². The lowest BCUT2D eigenvalue weighted by Crippen LogP contribution is -2.50. The van der Waals surface area contributed by atoms with Crippen LogP contribution >= 0.6 is 0 Å². The Balaban J connectivity index is 3.26. The van der Waals surface area contributed by atoms with Crippen LogP contribution in [0.4, 0.5) is 0 Å². The van der Waals surface area contributed by atoms with Gasteiger partial charge in [-0.05, 0) is 5.92 Å². The Labute approximate surface area is 114 Å². The molecule has 0 aliphatic carbocycles. The minimum atomic E-state index is -2.09. The Kier molecular flexibility index (Phi) is 4.84. The monoisotopic (exact) mass is 263 g/mol. The van der Waals surface area contributed by atoms with Gasteiger partial charge in [0.1, 0.15) is 0 Å². The molecule has 19 heavy (non-hydrogen) atoms. The quantitative estimate of drug-likeness (QED) is 0.820. The molecule has 4 nitrogen and oxygen atoms in total. The summed E-state index contributed by atoms with van der Waals surface area (Å²) in [5.41, 5.74) is -1.77. The highest BCUT2D eigenvalue weighted by Gasteiger charge is 2.45. The molecule has 0 aliphatic rings. The van der Waals surface area contributed by atoms with E-state index in [1.807, 2.05) is 13.8 Å². The number of carbonyl (C=O) groups is 2. The van der Waals surface area contributed by atoms with E-state index in [9.17, 15) is 14.7 Å². The third kappa shape index (κ3) is 3.20. The van der Waals surface area contributed by atoms with E-state index >= 15 is 0 Å². The SMILES string of the molecule is CC(C)CC(=O)C(O)(C(=O)N(C)C)c1ccccc1. The fourth-order valence-corrected chi connectivity index (χ4v) is 1.93. The van der Waals surface area contributed by atoms with Crippen molar-refractivity contribution in [2.75, 3.05) is 14.1 Å². The summed E-state index contributed by atoms with van der Waals surface area (Å²) in [4.78, 5) is 25.8. The van der Waals surface area contributed by atoms with Gasteiger partial charge in [0.15, 0.2) is 5.78 Å². The van der Waals surface area contributed by atoms with Crippen molar-refractivity contribution in [2.45, 2.75) is 25.9 Å². The van der Waals surface area contributed by atoms with Crippen LogP contribution in [0.3, 0.4) is 0 Å². The molecule has 0 bridgehead atoms. The van der Waals surface area contributed by atoms with Gasteiger partial charge in [-0.2, -0.15) is 0 Å². The van der Waals surface area contributed by atoms with Gasteiger partial charge >= 0.3 is 0 Å². The molecule has 0 fully saturated rings. The van der Waals surface area contributed by atoms with Crippen molar-refractivity contribution < 1.29 is 14.7 Å². The first-order chi connectivity index (χ1) is 8.80. The van der Waals surface area contributed by atoms with E-state index in [4.69, 9.17) is 0 Å². The normalized spacial score (nSPS) is 14.0. The molecule has 1 aromatic carbocycles. The predicted molar refractivity (Wildman–Crippen MR) is 73.5 cm³/mol. The van der Waals surface area contributed by atoms with Crippen LogP contribution in [0.2, 0.25) is 0 Å². The van der Waals surface area contributed by atoms with E-state index < -0.39 is 17.3 Å². The zero-order valence-corrected chi connectivity index (χ0v) is 11.9. The number of hydrogen-bond acceptors (Lipinski definition) is 3. The highest BCUT2D eigenvalue weighted by atomic mass is 16.3. The number of benzene rings is 1. The number of amides is 1. The molecule has 0 saturated carbocycles. The van der Waals surface area contributed by atoms with Crippen LogP contribution in [0.25, 0.3) is 0 Å². The van der Waals surface area contributed by atoms with Crippen LogP contribution in [0.15, 0.2) is 30.3 Å². The molecule has 0 heterocycles. The summed E-state index contributed by atoms with van der Waals surface area (Å²) in [6, 6.07) is 8.37. The van der Waals surface area contributed by atoms with Gasteiger partial charge in [0, 0.05) is 26.1 Å². The first-order valence-corrected chi connectivity index (χ1v) is 6.33. The second-order valence-electron chi connectivity index (χ2n) is 5.30. The summed E-state index contributed by atoms with van der Waals surface area (Å²) in [6.07, 6.45) is 0.158. The van der Waals surface area contributed by atoms with Crippen LogP contribution in [0, 0.1) is 5.92 Å². The first kappa shape index (κ1) is 15.4. The van der Waals surface area contributed by atoms with Gasteiger partial charge in [-0.1, -0.05) is 44.2 Å². The average Bonchev–Trinajstić information content (AvgIpc) is 2.36. The van der Waals surface area contributed by atoms with E-state index in [1.54, 1.807) is 30.3 Å². The molecule has 4 heteroatoms. The van der Waals surface area contributed by atoms with Gasteiger partial charge in [0.2, 0.25) is 5.60 Å². The first-order valence-electron chi connectivity index (χ1n) is 6.33. The van der Waals surface area contributed by atoms with Gasteiger partial charge in [0.05, 0.1) is 0 Å². The number of aliphatic hydroxyl groups is 1. The second-order valence-corrected chi connectivity index (χ2v) is 5.30. The Morgan fingerprint density at radius 1 is 1.21 bits per heavy atom. The number of Topliss-reactive ketones (excluding diaryl/α,β-unsaturated/α-hetero) is 1. The molecule has 0 aromatic heterocycles. The summed E-state index contributed by atoms with van der Waals surface area (Å²) in [5.74, 6) is -0.991. The smallest absolute Gasteiger partial charge is 0.266 e. The maximum atomic E-state index is 12.3. The van der Waals surface area contributed by atoms with Crippen LogP contribution < -0.4 is 0 Å². The summed E-state index contributed by atoms with van der Waals surface area (Å²) < 4.78 is 0. The van der Waals surface area contributed by atoms with Crippen molar-refractivity contribution in [2.24, 2.45) is 5.92 Å². The summed E-state index contributed by atoms with van der Waals surface area (Å²) in [7, 11) is 3.05. The number of rotatable bonds is 5. The Hall–Kier alpha value is -1.68. The number of likely N-dealkylation sites (N-methyl/N-ethyl adjacent to an activating group) is 1. The highest BCUT2D eigenvalue weighted by molar-refractivity contribution is 6.09. The maximum Gasteiger partial charge on any atom is 0.266 e. The van der Waals surface area contributed by atoms with Crippen molar-refractivity contribution in [3.8, 4) is 0 Å². The average molecular weight is 263 g/mol. The van der Waals surface area contributed by atoms with Crippen LogP contribution in [0.1, 0.15) is 25.8 Å². The van der Waals surface area contributed by atoms with Crippen molar-refractivity contribution in [3.63, 3.8) is 0 Å². The van der Waals surface area contributed by atoms with Crippen LogP contribution in [-0.2, 0) is 15.2 Å². The number of nitrogens with zero attached hydrogens (tertiary/aromatic N) is 1. The Bertz CT molecular complexity index is 454. The van der Waals surface area contributed by atoms with Gasteiger partial charge in [0.25, 0.3) is 5.91 Å². The standard InChI is InChI=1S/C15H21NO3/c1-11(2)10-13(17)15(19,14(18)16(3)4)12-8-6-5-7-9-12/h5-9,11,19H,10H2,1-4H3. The molecule has 0 spiro atoms. The van der Waals surface area contributed by atoms with Gasteiger partial charge in [-0.3, -0.25) is 9.59 Å². The topological polar surface area (TPSA) is 57.6 Å². The van der Waals surface area contributed by atoms with Crippen LogP contribution in [0.5, 0.6) is 0 Å². The van der Waals surface area contributed by atoms with E-state index in [-0.39, 0.29) is 12.3 Å². The molecular formula is C15H21NO3. The molecule has 104 valence electrons. The maximum absolute atomic E-state index is 12.3. The summed E-state index contributed by atoms with van der Waals surface area (Å²) in [6.45, 7) is 3.76. The van der Waals surface area contributed by atoms with E-state index in [0.717, 1.165) is 0 Å². The molecule has 0 radical (unpaired) electrons. The Morgan fingerprint density at radius 3 is 2.16 bits per heavy atom. The minimum Gasteiger partial charge on any atom is -0.370 e. The van der Waals surface area contributed by atoms with E-state index in [1.165, 1.54) is 19.0 Å². The molecule has 1 rings (SSSR count). The molecule has 1 unspecified atom stereocenters. The number of hydrogen-bond donors (Lipinski definition) is 1. The third-order valence-corrected chi connectivity index (χ3v) is 2.90. The third-order valence-electron chi connectivity index (χ3n) is 2.90. The van der Waals surface area contributed by atoms with E-state index in [0.29, 0.717) is 5.56 Å². The predicted octanol–water partition coefficient (Wildman–Crippen LogP) is 1.58. The zero-order chi connectivity index (χ0) is 14.6. The van der Waals surface area contributed by atoms with Crippen molar-refractivity contribution in [1.82, 2.24) is 4.90 Å². The lowest BCUT2D eigenvalue weighted by molar-refractivity contribution is -0.159. The molecule has 1 amide bonds. The molecule has 0 saturated heterocycles. The van der Waals surface area contributed by atoms with E-state index in [2.05, 4.69) is 0 Å². The number of ketones is 1. The highest BCUT2D eigenvalue weighted by Crippen LogP contribution is 2.27. The summed E-state index contributed by atoms with van der Waals surface area (Å²) in [5, 5.41) is 10.7. The molecular weight excluding hydrogens is 242 g/mol. The van der Waals surface area contributed by atoms with Gasteiger partial charge in [-0.15, -0.1) is 0 Å². The lowest BCUT2D eigenvalue weighted by atomic mass is 9.84. The largest absolute Gasteiger partial charge is 0.370 e. The Morgan fingerprint density at radius 2 is 1.74 bits per heavy atom. The molecule has 1 aromatic rings. The fraction of sp³-hybridized carbons (Fsp3) is 0.467. The van der Waals surface area contributed by atoms with Crippen molar-refractivity contribution in [3.05, 3.63) is 35.9 Å². The molecule has 0 aliphatic heterocycles. The van der Waals surface area contributed by atoms with Crippen LogP contribution in [-0.4, -0.2) is 35.8 Å². The minimum absolute atomic E-state index is 0.0812. The zero-order valence-electron chi connectivity index (χ0n) is 11.9. The second kappa shape index (κ2) is 5.97. The fourth-order valence-electron chi connectivity index (χ4n) is 1.93. The van der Waals surface area contributed by atoms with Gasteiger partial charge in [-0.25, -0.2) is 0 Å². The number of carbonyl (C=O) groups excluding carboxylic acids is 2. The molecule has 1 N–H and O–H groups in total.